The number of likely N-dealkylation sites (N-methyl/N-ethyl adjacent to an activating group) is 1. The molecule has 5 N–H and O–H groups in total. The summed E-state index contributed by atoms with van der Waals surface area (Å²) in [6, 6.07) is 11.9. The number of aromatic nitrogens is 3. The topological polar surface area (TPSA) is 235 Å². The first-order valence-electron chi connectivity index (χ1n) is 27.5. The summed E-state index contributed by atoms with van der Waals surface area (Å²) in [4.78, 5) is 53.2. The van der Waals surface area contributed by atoms with Crippen LogP contribution in [0, 0.1) is 11.3 Å². The highest BCUT2D eigenvalue weighted by molar-refractivity contribution is 8.00. The number of amides is 1. The van der Waals surface area contributed by atoms with Gasteiger partial charge in [0.1, 0.15) is 17.3 Å². The third kappa shape index (κ3) is 9.13. The number of benzene rings is 2. The summed E-state index contributed by atoms with van der Waals surface area (Å²) >= 11 is 1.56. The molecule has 77 heavy (non-hydrogen) atoms. The van der Waals surface area contributed by atoms with Crippen molar-refractivity contribution in [1.82, 2.24) is 30.1 Å². The Kier molecular flexibility index (Phi) is 14.9. The highest BCUT2D eigenvalue weighted by Gasteiger charge is 2.78. The summed E-state index contributed by atoms with van der Waals surface area (Å²) < 4.78 is 19.5. The van der Waals surface area contributed by atoms with Gasteiger partial charge in [0.05, 0.1) is 32.4 Å². The van der Waals surface area contributed by atoms with Gasteiger partial charge in [-0.25, -0.2) is 9.97 Å². The monoisotopic (exact) mass is 1110 g/mol. The van der Waals surface area contributed by atoms with E-state index >= 15 is 9.59 Å². The van der Waals surface area contributed by atoms with Crippen molar-refractivity contribution in [1.29, 1.82) is 0 Å². The molecular formula is C56H78N10O8SSi2. The quantitative estimate of drug-likeness (QED) is 0.00816. The number of methoxy groups -OCH3 is 2. The molecule has 21 heteroatoms. The van der Waals surface area contributed by atoms with Crippen LogP contribution in [0.5, 0.6) is 5.75 Å². The van der Waals surface area contributed by atoms with Gasteiger partial charge in [0.2, 0.25) is 0 Å². The molecule has 7 heterocycles. The van der Waals surface area contributed by atoms with E-state index in [1.807, 2.05) is 44.0 Å². The predicted molar refractivity (Wildman–Crippen MR) is 303 cm³/mol. The number of azide groups is 1. The number of aromatic amines is 1. The minimum Gasteiger partial charge on any atom is -0.496 e. The number of piperidine rings is 1. The molecule has 2 saturated heterocycles. The Bertz CT molecular complexity index is 2990. The van der Waals surface area contributed by atoms with Gasteiger partial charge in [0.15, 0.2) is 27.4 Å². The van der Waals surface area contributed by atoms with Crippen LogP contribution in [0.4, 0.5) is 5.69 Å². The number of fused-ring (bicyclic) bond motifs is 6. The average molecular weight is 1110 g/mol. The highest BCUT2D eigenvalue weighted by atomic mass is 32.2. The highest BCUT2D eigenvalue weighted by Crippen LogP contribution is 2.67. The number of nitrogens with one attached hydrogen (secondary N) is 2. The minimum absolute atomic E-state index is 0.108. The number of carbonyl (C=O) groups is 2. The first-order valence-corrected chi connectivity index (χ1v) is 34.8. The number of aliphatic hydroxyl groups excluding tert-OH is 1. The van der Waals surface area contributed by atoms with Gasteiger partial charge in [-0.1, -0.05) is 61.1 Å². The number of H-pyrrole nitrogens is 1. The first-order chi connectivity index (χ1) is 36.7. The van der Waals surface area contributed by atoms with Crippen LogP contribution >= 0.6 is 11.8 Å². The Morgan fingerprint density at radius 1 is 1.03 bits per heavy atom. The largest absolute Gasteiger partial charge is 0.496 e. The molecule has 2 unspecified atom stereocenters. The second-order valence-electron chi connectivity index (χ2n) is 24.2. The van der Waals surface area contributed by atoms with Crippen LogP contribution in [0.2, 0.25) is 32.2 Å². The number of ether oxygens (including phenoxy) is 2. The van der Waals surface area contributed by atoms with Crippen LogP contribution in [-0.2, 0) is 42.2 Å². The number of hydrogen-bond acceptors (Lipinski definition) is 15. The van der Waals surface area contributed by atoms with Gasteiger partial charge >= 0.3 is 5.97 Å². The normalized spacial score (nSPS) is 31.5. The lowest BCUT2D eigenvalue weighted by molar-refractivity contribution is -0.203. The van der Waals surface area contributed by atoms with E-state index < -0.39 is 68.1 Å². The van der Waals surface area contributed by atoms with Gasteiger partial charge in [0.25, 0.3) is 5.91 Å². The van der Waals surface area contributed by atoms with Gasteiger partial charge in [-0.15, -0.1) is 0 Å². The predicted octanol–water partition coefficient (Wildman–Crippen LogP) is 7.11. The van der Waals surface area contributed by atoms with Crippen LogP contribution in [0.3, 0.4) is 0 Å². The zero-order valence-electron chi connectivity index (χ0n) is 46.3. The van der Waals surface area contributed by atoms with Gasteiger partial charge in [-0.05, 0) is 124 Å². The number of anilines is 1. The summed E-state index contributed by atoms with van der Waals surface area (Å²) in [7, 11) is 0.520. The molecule has 4 aromatic rings. The van der Waals surface area contributed by atoms with E-state index in [9.17, 15) is 15.3 Å². The standard InChI is InChI=1S/C56H78N10O8SSi2/c1-10-52(70)28-36-29-55(50(69)73-5,45-39(18-23-65(33-36)34-52)38-16-12-13-17-42(38)62-45)41-26-40-43(27-44(41)72-4)64(3)47-54(40)20-24-66-22-14-19-53(11-2,46(54)66)48(67)56(47,71)49(68)58-21-15-25-76(6,7)74-77(8,9)35-75-51-59-30-37(31-60-51)32-61-63-57/h12-14,16-17,19,26-27,30-31,36,46-48,62,67,70-71H,10-11,15,18,20-25,28-29,32-35H2,1-9H3,(H,58,68)/t36-,46?,47+,48+,52-,53+,54+,55-,56-/m0/s1. The Morgan fingerprint density at radius 3 is 2.51 bits per heavy atom. The molecule has 10 atom stereocenters. The molecular weight excluding hydrogens is 1030 g/mol. The minimum atomic E-state index is -2.29. The molecule has 5 aliphatic heterocycles. The molecule has 1 aliphatic carbocycles. The van der Waals surface area contributed by atoms with Crippen LogP contribution in [0.1, 0.15) is 80.3 Å². The number of esters is 1. The fourth-order valence-electron chi connectivity index (χ4n) is 15.6. The van der Waals surface area contributed by atoms with Gasteiger partial charge < -0.3 is 44.1 Å². The molecule has 414 valence electrons. The van der Waals surface area contributed by atoms with Crippen molar-refractivity contribution in [3.8, 4) is 5.75 Å². The first kappa shape index (κ1) is 55.5. The fraction of sp³-hybridized carbons (Fsp3) is 0.607. The lowest BCUT2D eigenvalue weighted by Gasteiger charge is -2.63. The third-order valence-corrected chi connectivity index (χ3v) is 28.4. The van der Waals surface area contributed by atoms with Crippen LogP contribution in [0.25, 0.3) is 21.3 Å². The van der Waals surface area contributed by atoms with Crippen molar-refractivity contribution in [2.75, 3.05) is 70.8 Å². The van der Waals surface area contributed by atoms with Gasteiger partial charge in [0, 0.05) is 113 Å². The lowest BCUT2D eigenvalue weighted by Crippen LogP contribution is -2.81. The third-order valence-electron chi connectivity index (χ3n) is 18.5. The van der Waals surface area contributed by atoms with Crippen molar-refractivity contribution >= 4 is 56.9 Å². The maximum absolute atomic E-state index is 15.6. The summed E-state index contributed by atoms with van der Waals surface area (Å²) in [5.74, 6) is -0.686. The van der Waals surface area contributed by atoms with Gasteiger partial charge in [-0.3, -0.25) is 19.4 Å². The molecule has 3 fully saturated rings. The molecule has 0 radical (unpaired) electrons. The van der Waals surface area contributed by atoms with E-state index in [0.29, 0.717) is 94.1 Å². The Morgan fingerprint density at radius 2 is 1.79 bits per heavy atom. The molecule has 1 amide bonds. The summed E-state index contributed by atoms with van der Waals surface area (Å²) in [5, 5.41) is 48.1. The van der Waals surface area contributed by atoms with E-state index in [-0.39, 0.29) is 25.0 Å². The number of nitrogens with zero attached hydrogens (tertiary/aromatic N) is 8. The Hall–Kier alpha value is -4.81. The molecule has 2 aromatic carbocycles. The van der Waals surface area contributed by atoms with Crippen molar-refractivity contribution in [2.45, 2.75) is 143 Å². The smallest absolute Gasteiger partial charge is 0.322 e. The second kappa shape index (κ2) is 20.7. The Labute approximate surface area is 458 Å². The van der Waals surface area contributed by atoms with Crippen molar-refractivity contribution in [2.24, 2.45) is 16.4 Å². The van der Waals surface area contributed by atoms with Crippen molar-refractivity contribution in [3.63, 3.8) is 0 Å². The van der Waals surface area contributed by atoms with Crippen LogP contribution < -0.4 is 15.0 Å². The van der Waals surface area contributed by atoms with Crippen LogP contribution in [-0.4, -0.2) is 164 Å². The average Bonchev–Trinajstić information content (AvgIpc) is 4.27. The second-order valence-corrected chi connectivity index (χ2v) is 34.3. The number of hydrogen-bond donors (Lipinski definition) is 5. The van der Waals surface area contributed by atoms with Crippen molar-refractivity contribution in [3.05, 3.63) is 99.3 Å². The number of carbonyl (C=O) groups excluding carboxylic acids is 2. The molecule has 6 aliphatic rings. The molecule has 2 bridgehead atoms. The zero-order valence-corrected chi connectivity index (χ0v) is 49.1. The number of para-hydroxylation sites is 1. The number of rotatable bonds is 17. The molecule has 1 spiro atoms. The van der Waals surface area contributed by atoms with E-state index in [4.69, 9.17) is 19.1 Å². The van der Waals surface area contributed by atoms with E-state index in [1.165, 1.54) is 7.11 Å². The number of aliphatic hydroxyl groups is 3. The van der Waals surface area contributed by atoms with E-state index in [0.717, 1.165) is 50.4 Å². The SMILES string of the molecule is CC[C@]1(O)C[C@@H]2CN(CCc3c([nH]c4ccccc34)[C@@](C(=O)OC)(c3cc4c(cc3OC)N(C)[C@H]3[C@@](O)(C(=O)NCCC[Si](C)(C)O[Si](C)(C)CSc5ncc(CN=[N+]=[N-])cn5)[C@H](O)[C@]5(CC)C=CCN6CC[C@]43C65)C2)C1. The van der Waals surface area contributed by atoms with Gasteiger partial charge in [-0.2, -0.15) is 0 Å². The molecule has 2 aromatic heterocycles. The van der Waals surface area contributed by atoms with Crippen LogP contribution in [0.15, 0.2) is 71.2 Å². The number of thioether (sulfide) groups is 1. The summed E-state index contributed by atoms with van der Waals surface area (Å²) in [6.45, 7) is 16.6. The molecule has 1 saturated carbocycles. The Balaban J connectivity index is 1.01. The van der Waals surface area contributed by atoms with E-state index in [1.54, 1.807) is 31.3 Å². The van der Waals surface area contributed by atoms with E-state index in [2.05, 4.69) is 96.6 Å². The lowest BCUT2D eigenvalue weighted by atomic mass is 9.47. The maximum Gasteiger partial charge on any atom is 0.322 e. The molecule has 10 rings (SSSR count). The summed E-state index contributed by atoms with van der Waals surface area (Å²) in [6.07, 6.45) is 9.76. The fourth-order valence-corrected chi connectivity index (χ4v) is 25.9. The summed E-state index contributed by atoms with van der Waals surface area (Å²) in [5.41, 5.74) is 7.81. The maximum atomic E-state index is 15.6. The van der Waals surface area contributed by atoms with Crippen molar-refractivity contribution < 1.29 is 38.5 Å². The zero-order chi connectivity index (χ0) is 54.9. The molecule has 18 nitrogen and oxygen atoms in total.